The van der Waals surface area contributed by atoms with Crippen molar-refractivity contribution in [2.24, 2.45) is 5.73 Å². The van der Waals surface area contributed by atoms with Gasteiger partial charge in [-0.05, 0) is 17.7 Å². The maximum Gasteiger partial charge on any atom is 0.136 e. The molecular formula is C12H12ClN3. The average molecular weight is 234 g/mol. The van der Waals surface area contributed by atoms with Crippen molar-refractivity contribution in [1.29, 1.82) is 0 Å². The van der Waals surface area contributed by atoms with Crippen LogP contribution in [0.3, 0.4) is 0 Å². The molecule has 0 spiro atoms. The second-order valence-electron chi connectivity index (χ2n) is 3.42. The van der Waals surface area contributed by atoms with E-state index < -0.39 is 0 Å². The average Bonchev–Trinajstić information content (AvgIpc) is 2.34. The minimum atomic E-state index is -0.0464. The molecule has 2 rings (SSSR count). The lowest BCUT2D eigenvalue weighted by molar-refractivity contribution is 0.750. The maximum absolute atomic E-state index is 6.14. The first kappa shape index (κ1) is 11.0. The van der Waals surface area contributed by atoms with Crippen LogP contribution >= 0.6 is 11.6 Å². The van der Waals surface area contributed by atoms with E-state index in [4.69, 9.17) is 17.3 Å². The first-order chi connectivity index (χ1) is 7.83. The van der Waals surface area contributed by atoms with E-state index in [-0.39, 0.29) is 5.92 Å². The highest BCUT2D eigenvalue weighted by Crippen LogP contribution is 2.26. The maximum atomic E-state index is 6.14. The van der Waals surface area contributed by atoms with Crippen molar-refractivity contribution < 1.29 is 0 Å². The second-order valence-corrected chi connectivity index (χ2v) is 3.82. The van der Waals surface area contributed by atoms with Gasteiger partial charge in [-0.15, -0.1) is 0 Å². The Balaban J connectivity index is 2.41. The molecule has 0 amide bonds. The Kier molecular flexibility index (Phi) is 3.49. The van der Waals surface area contributed by atoms with Crippen LogP contribution in [0.4, 0.5) is 0 Å². The van der Waals surface area contributed by atoms with E-state index in [1.54, 1.807) is 18.5 Å². The first-order valence-electron chi connectivity index (χ1n) is 5.04. The summed E-state index contributed by atoms with van der Waals surface area (Å²) in [6.45, 7) is 0.438. The SMILES string of the molecule is NCC(c1ncccn1)c1ccccc1Cl. The van der Waals surface area contributed by atoms with Crippen molar-refractivity contribution in [1.82, 2.24) is 9.97 Å². The molecule has 0 saturated heterocycles. The van der Waals surface area contributed by atoms with Gasteiger partial charge in [-0.25, -0.2) is 9.97 Å². The Morgan fingerprint density at radius 3 is 2.44 bits per heavy atom. The van der Waals surface area contributed by atoms with Crippen LogP contribution < -0.4 is 5.73 Å². The smallest absolute Gasteiger partial charge is 0.136 e. The lowest BCUT2D eigenvalue weighted by Crippen LogP contribution is -2.16. The highest BCUT2D eigenvalue weighted by atomic mass is 35.5. The number of nitrogens with two attached hydrogens (primary N) is 1. The predicted octanol–water partition coefficient (Wildman–Crippen LogP) is 2.22. The van der Waals surface area contributed by atoms with Crippen molar-refractivity contribution in [2.75, 3.05) is 6.54 Å². The number of hydrogen-bond acceptors (Lipinski definition) is 3. The van der Waals surface area contributed by atoms with Gasteiger partial charge in [-0.1, -0.05) is 29.8 Å². The molecule has 0 aliphatic rings. The van der Waals surface area contributed by atoms with E-state index >= 15 is 0 Å². The van der Waals surface area contributed by atoms with Crippen LogP contribution in [0.5, 0.6) is 0 Å². The van der Waals surface area contributed by atoms with Gasteiger partial charge in [-0.3, -0.25) is 0 Å². The molecule has 1 aromatic heterocycles. The van der Waals surface area contributed by atoms with Gasteiger partial charge in [0.25, 0.3) is 0 Å². The Bertz CT molecular complexity index is 459. The molecule has 82 valence electrons. The minimum Gasteiger partial charge on any atom is -0.329 e. The highest BCUT2D eigenvalue weighted by molar-refractivity contribution is 6.31. The number of rotatable bonds is 3. The van der Waals surface area contributed by atoms with E-state index in [0.717, 1.165) is 5.56 Å². The van der Waals surface area contributed by atoms with Crippen molar-refractivity contribution in [2.45, 2.75) is 5.92 Å². The summed E-state index contributed by atoms with van der Waals surface area (Å²) in [5, 5.41) is 0.699. The van der Waals surface area contributed by atoms with Gasteiger partial charge in [0.2, 0.25) is 0 Å². The molecule has 4 heteroatoms. The van der Waals surface area contributed by atoms with E-state index in [2.05, 4.69) is 9.97 Å². The first-order valence-corrected chi connectivity index (χ1v) is 5.42. The molecule has 1 atom stereocenters. The topological polar surface area (TPSA) is 51.8 Å². The number of aromatic nitrogens is 2. The second kappa shape index (κ2) is 5.05. The zero-order chi connectivity index (χ0) is 11.4. The number of halogens is 1. The summed E-state index contributed by atoms with van der Waals surface area (Å²) in [7, 11) is 0. The minimum absolute atomic E-state index is 0.0464. The number of benzene rings is 1. The Morgan fingerprint density at radius 1 is 1.12 bits per heavy atom. The van der Waals surface area contributed by atoms with Crippen molar-refractivity contribution in [3.8, 4) is 0 Å². The highest BCUT2D eigenvalue weighted by Gasteiger charge is 2.17. The van der Waals surface area contributed by atoms with Crippen LogP contribution in [0.2, 0.25) is 5.02 Å². The van der Waals surface area contributed by atoms with E-state index in [9.17, 15) is 0 Å². The van der Waals surface area contributed by atoms with Gasteiger partial charge in [-0.2, -0.15) is 0 Å². The normalized spacial score (nSPS) is 12.4. The van der Waals surface area contributed by atoms with E-state index in [1.165, 1.54) is 0 Å². The molecule has 0 aliphatic carbocycles. The van der Waals surface area contributed by atoms with E-state index in [0.29, 0.717) is 17.4 Å². The predicted molar refractivity (Wildman–Crippen MR) is 64.4 cm³/mol. The van der Waals surface area contributed by atoms with Crippen LogP contribution in [0.1, 0.15) is 17.3 Å². The fraction of sp³-hybridized carbons (Fsp3) is 0.167. The summed E-state index contributed by atoms with van der Waals surface area (Å²) in [5.74, 6) is 0.660. The Labute approximate surface area is 99.3 Å². The molecule has 2 N–H and O–H groups in total. The fourth-order valence-corrected chi connectivity index (χ4v) is 1.89. The molecule has 1 heterocycles. The third kappa shape index (κ3) is 2.21. The molecule has 0 radical (unpaired) electrons. The standard InChI is InChI=1S/C12H12ClN3/c13-11-5-2-1-4-9(11)10(8-14)12-15-6-3-7-16-12/h1-7,10H,8,14H2. The van der Waals surface area contributed by atoms with Gasteiger partial charge < -0.3 is 5.73 Å². The summed E-state index contributed by atoms with van der Waals surface area (Å²) in [6, 6.07) is 9.42. The number of hydrogen-bond donors (Lipinski definition) is 1. The van der Waals surface area contributed by atoms with Gasteiger partial charge >= 0.3 is 0 Å². The molecule has 3 nitrogen and oxygen atoms in total. The fourth-order valence-electron chi connectivity index (χ4n) is 1.62. The summed E-state index contributed by atoms with van der Waals surface area (Å²) in [4.78, 5) is 8.44. The molecule has 2 aromatic rings. The van der Waals surface area contributed by atoms with Crippen LogP contribution in [0.25, 0.3) is 0 Å². The van der Waals surface area contributed by atoms with E-state index in [1.807, 2.05) is 24.3 Å². The van der Waals surface area contributed by atoms with Gasteiger partial charge in [0.05, 0.1) is 5.92 Å². The Morgan fingerprint density at radius 2 is 1.81 bits per heavy atom. The van der Waals surface area contributed by atoms with Crippen LogP contribution in [-0.2, 0) is 0 Å². The zero-order valence-electron chi connectivity index (χ0n) is 8.68. The van der Waals surface area contributed by atoms with Crippen LogP contribution in [0, 0.1) is 0 Å². The number of nitrogens with zero attached hydrogens (tertiary/aromatic N) is 2. The summed E-state index contributed by atoms with van der Waals surface area (Å²) >= 11 is 6.14. The molecule has 0 saturated carbocycles. The zero-order valence-corrected chi connectivity index (χ0v) is 9.43. The van der Waals surface area contributed by atoms with Crippen LogP contribution in [-0.4, -0.2) is 16.5 Å². The summed E-state index contributed by atoms with van der Waals surface area (Å²) < 4.78 is 0. The van der Waals surface area contributed by atoms with Crippen LogP contribution in [0.15, 0.2) is 42.7 Å². The lowest BCUT2D eigenvalue weighted by atomic mass is 9.98. The molecule has 0 aliphatic heterocycles. The van der Waals surface area contributed by atoms with Crippen molar-refractivity contribution in [3.63, 3.8) is 0 Å². The quantitative estimate of drug-likeness (QED) is 0.885. The van der Waals surface area contributed by atoms with Gasteiger partial charge in [0.15, 0.2) is 0 Å². The van der Waals surface area contributed by atoms with Crippen molar-refractivity contribution >= 4 is 11.6 Å². The summed E-state index contributed by atoms with van der Waals surface area (Å²) in [6.07, 6.45) is 3.42. The molecule has 0 fully saturated rings. The Hall–Kier alpha value is -1.45. The van der Waals surface area contributed by atoms with Gasteiger partial charge in [0, 0.05) is 24.0 Å². The lowest BCUT2D eigenvalue weighted by Gasteiger charge is -2.14. The molecule has 0 bridgehead atoms. The van der Waals surface area contributed by atoms with Crippen molar-refractivity contribution in [3.05, 3.63) is 59.1 Å². The third-order valence-corrected chi connectivity index (χ3v) is 2.76. The third-order valence-electron chi connectivity index (χ3n) is 2.41. The monoisotopic (exact) mass is 233 g/mol. The molecule has 16 heavy (non-hydrogen) atoms. The molecular weight excluding hydrogens is 222 g/mol. The molecule has 1 aromatic carbocycles. The summed E-state index contributed by atoms with van der Waals surface area (Å²) in [5.41, 5.74) is 6.74. The largest absolute Gasteiger partial charge is 0.329 e. The van der Waals surface area contributed by atoms with Gasteiger partial charge in [0.1, 0.15) is 5.82 Å². The molecule has 1 unspecified atom stereocenters.